The van der Waals surface area contributed by atoms with Crippen LogP contribution in [0.5, 0.6) is 0 Å². The number of H-pyrrole nitrogens is 1. The minimum absolute atomic E-state index is 0.709. The van der Waals surface area contributed by atoms with E-state index >= 15 is 0 Å². The molecule has 0 bridgehead atoms. The average Bonchev–Trinajstić information content (AvgIpc) is 2.61. The van der Waals surface area contributed by atoms with Gasteiger partial charge >= 0.3 is 29.2 Å². The van der Waals surface area contributed by atoms with Crippen LogP contribution in [0.15, 0.2) is 34.5 Å². The molecule has 0 fully saturated rings. The van der Waals surface area contributed by atoms with E-state index in [2.05, 4.69) is 19.7 Å². The topological polar surface area (TPSA) is 264 Å². The molecule has 0 radical (unpaired) electrons. The number of aromatic amines is 1. The minimum atomic E-state index is -5.78. The number of hydrogen-bond donors (Lipinski definition) is 7. The number of phosphoric ester groups is 1. The molecule has 0 amide bonds. The molecule has 0 aromatic carbocycles. The molecule has 0 saturated carbocycles. The van der Waals surface area contributed by atoms with Crippen molar-refractivity contribution in [3.8, 4) is 0 Å². The van der Waals surface area contributed by atoms with E-state index in [0.717, 1.165) is 25.3 Å². The highest BCUT2D eigenvalue weighted by atomic mass is 31.3. The van der Waals surface area contributed by atoms with Crippen LogP contribution in [-0.2, 0) is 31.6 Å². The van der Waals surface area contributed by atoms with Gasteiger partial charge in [-0.2, -0.15) is 8.62 Å². The van der Waals surface area contributed by atoms with E-state index in [1.807, 2.05) is 4.98 Å². The van der Waals surface area contributed by atoms with Crippen molar-refractivity contribution in [2.24, 2.45) is 0 Å². The lowest BCUT2D eigenvalue weighted by atomic mass is 10.00. The summed E-state index contributed by atoms with van der Waals surface area (Å²) in [5.74, 6) is 0. The second kappa shape index (κ2) is 10.8. The number of phosphoric acid groups is 3. The van der Waals surface area contributed by atoms with Crippen molar-refractivity contribution in [2.75, 3.05) is 13.2 Å². The van der Waals surface area contributed by atoms with Crippen molar-refractivity contribution in [1.29, 1.82) is 0 Å². The molecule has 1 heterocycles. The quantitative estimate of drug-likeness (QED) is 0.116. The lowest BCUT2D eigenvalue weighted by molar-refractivity contribution is -0.185. The van der Waals surface area contributed by atoms with Crippen LogP contribution in [0.1, 0.15) is 13.2 Å². The normalized spacial score (nSPS) is 19.8. The van der Waals surface area contributed by atoms with Crippen LogP contribution in [-0.4, -0.2) is 64.3 Å². The summed E-state index contributed by atoms with van der Waals surface area (Å²) in [6, 6.07) is 0.917. The maximum atomic E-state index is 11.9. The zero-order valence-electron chi connectivity index (χ0n) is 16.2. The number of aliphatic hydroxyl groups is 2. The molecule has 0 aliphatic carbocycles. The molecule has 7 N–H and O–H groups in total. The van der Waals surface area contributed by atoms with E-state index in [0.29, 0.717) is 4.57 Å². The Morgan fingerprint density at radius 2 is 1.78 bits per heavy atom. The summed E-state index contributed by atoms with van der Waals surface area (Å²) < 4.78 is 51.7. The predicted molar refractivity (Wildman–Crippen MR) is 103 cm³/mol. The second-order valence-electron chi connectivity index (χ2n) is 6.13. The third-order valence-corrected chi connectivity index (χ3v) is 7.28. The zero-order valence-corrected chi connectivity index (χ0v) is 18.8. The summed E-state index contributed by atoms with van der Waals surface area (Å²) >= 11 is 0. The van der Waals surface area contributed by atoms with Gasteiger partial charge in [-0.1, -0.05) is 6.08 Å². The SMILES string of the molecule is C=C[C@H](O)[C@@](C)(COP(=O)(O)OP(=O)(O)OP(=O)(O)O)O[C@H](CO)n1ccc(=O)[nH]c1=O. The molecule has 0 aliphatic rings. The smallest absolute Gasteiger partial charge is 0.392 e. The lowest BCUT2D eigenvalue weighted by Gasteiger charge is -2.36. The Bertz CT molecular complexity index is 1060. The number of hydrogen-bond acceptors (Lipinski definition) is 11. The first-order valence-electron chi connectivity index (χ1n) is 8.13. The monoisotopic (exact) mass is 526 g/mol. The van der Waals surface area contributed by atoms with E-state index in [1.54, 1.807) is 0 Å². The molecule has 1 aromatic rings. The highest BCUT2D eigenvalue weighted by molar-refractivity contribution is 7.66. The Morgan fingerprint density at radius 3 is 2.25 bits per heavy atom. The molecule has 17 nitrogen and oxygen atoms in total. The molecule has 0 saturated heterocycles. The van der Waals surface area contributed by atoms with E-state index in [1.165, 1.54) is 0 Å². The fourth-order valence-corrected chi connectivity index (χ4v) is 5.21. The molecule has 0 aliphatic heterocycles. The van der Waals surface area contributed by atoms with E-state index in [9.17, 15) is 38.4 Å². The van der Waals surface area contributed by atoms with Crippen molar-refractivity contribution >= 4 is 23.5 Å². The van der Waals surface area contributed by atoms with Crippen LogP contribution in [0, 0.1) is 0 Å². The van der Waals surface area contributed by atoms with Crippen LogP contribution in [0.3, 0.4) is 0 Å². The summed E-state index contributed by atoms with van der Waals surface area (Å²) in [5.41, 5.74) is -3.86. The zero-order chi connectivity index (χ0) is 25.0. The summed E-state index contributed by atoms with van der Waals surface area (Å²) in [4.78, 5) is 60.8. The number of nitrogens with one attached hydrogen (secondary N) is 1. The summed E-state index contributed by atoms with van der Waals surface area (Å²) in [5, 5.41) is 19.7. The number of aliphatic hydroxyl groups excluding tert-OH is 2. The Labute approximate surface area is 179 Å². The van der Waals surface area contributed by atoms with Crippen LogP contribution < -0.4 is 11.2 Å². The van der Waals surface area contributed by atoms with Crippen LogP contribution in [0.25, 0.3) is 0 Å². The fraction of sp³-hybridized carbons (Fsp3) is 0.500. The molecule has 1 rings (SSSR count). The molecular weight excluding hydrogens is 505 g/mol. The molecule has 0 spiro atoms. The van der Waals surface area contributed by atoms with Crippen molar-refractivity contribution in [2.45, 2.75) is 24.9 Å². The Kier molecular flexibility index (Phi) is 9.66. The largest absolute Gasteiger partial charge is 0.490 e. The molecule has 1 aromatic heterocycles. The van der Waals surface area contributed by atoms with E-state index in [-0.39, 0.29) is 0 Å². The Balaban J connectivity index is 3.11. The van der Waals surface area contributed by atoms with Crippen molar-refractivity contribution in [3.05, 3.63) is 45.8 Å². The molecule has 5 atom stereocenters. The van der Waals surface area contributed by atoms with Gasteiger partial charge < -0.3 is 34.5 Å². The number of aromatic nitrogens is 2. The van der Waals surface area contributed by atoms with Crippen molar-refractivity contribution in [3.63, 3.8) is 0 Å². The van der Waals surface area contributed by atoms with Gasteiger partial charge in [0.15, 0.2) is 6.23 Å². The Hall–Kier alpha value is -1.29. The third-order valence-electron chi connectivity index (χ3n) is 3.50. The first kappa shape index (κ1) is 28.7. The van der Waals surface area contributed by atoms with Crippen LogP contribution >= 0.6 is 23.5 Å². The second-order valence-corrected chi connectivity index (χ2v) is 10.6. The molecule has 32 heavy (non-hydrogen) atoms. The van der Waals surface area contributed by atoms with Crippen LogP contribution in [0.4, 0.5) is 0 Å². The van der Waals surface area contributed by atoms with Gasteiger partial charge in [0.1, 0.15) is 11.7 Å². The first-order valence-corrected chi connectivity index (χ1v) is 12.6. The standard InChI is InChI=1S/C12H21N2O15P3/c1-3-8(16)12(2,27-10(6-15)14-5-4-9(17)13-11(14)18)7-26-31(22,23)29-32(24,25)28-30(19,20)21/h3-5,8,10,15-16H,1,6-7H2,2H3,(H,22,23)(H,24,25)(H,13,17,18)(H2,19,20,21)/t8-,10+,12+/m0/s1. The minimum Gasteiger partial charge on any atom is -0.392 e. The lowest BCUT2D eigenvalue weighted by Crippen LogP contribution is -2.48. The molecular formula is C12H21N2O15P3. The van der Waals surface area contributed by atoms with Gasteiger partial charge in [-0.15, -0.1) is 6.58 Å². The van der Waals surface area contributed by atoms with E-state index < -0.39 is 65.9 Å². The van der Waals surface area contributed by atoms with Gasteiger partial charge in [-0.25, -0.2) is 18.5 Å². The molecule has 184 valence electrons. The highest BCUT2D eigenvalue weighted by Crippen LogP contribution is 2.66. The van der Waals surface area contributed by atoms with Crippen LogP contribution in [0.2, 0.25) is 0 Å². The van der Waals surface area contributed by atoms with Gasteiger partial charge in [0.25, 0.3) is 5.56 Å². The maximum Gasteiger partial charge on any atom is 0.490 e. The highest BCUT2D eigenvalue weighted by Gasteiger charge is 2.44. The maximum absolute atomic E-state index is 11.9. The molecule has 2 unspecified atom stereocenters. The Morgan fingerprint density at radius 1 is 1.19 bits per heavy atom. The van der Waals surface area contributed by atoms with E-state index in [4.69, 9.17) is 19.4 Å². The van der Waals surface area contributed by atoms with Crippen molar-refractivity contribution in [1.82, 2.24) is 9.55 Å². The predicted octanol–water partition coefficient (Wildman–Crippen LogP) is -1.31. The summed E-state index contributed by atoms with van der Waals surface area (Å²) in [6.45, 7) is 2.32. The third kappa shape index (κ3) is 8.92. The number of rotatable bonds is 13. The van der Waals surface area contributed by atoms with Gasteiger partial charge in [0.2, 0.25) is 0 Å². The summed E-state index contributed by atoms with van der Waals surface area (Å²) in [6.07, 6.45) is -1.46. The first-order chi connectivity index (χ1) is 14.4. The molecule has 20 heteroatoms. The van der Waals surface area contributed by atoms with Gasteiger partial charge in [0.05, 0.1) is 13.2 Å². The number of ether oxygens (including phenoxy) is 1. The number of nitrogens with zero attached hydrogens (tertiary/aromatic N) is 1. The van der Waals surface area contributed by atoms with Gasteiger partial charge in [-0.05, 0) is 6.92 Å². The van der Waals surface area contributed by atoms with Gasteiger partial charge in [0, 0.05) is 12.3 Å². The summed E-state index contributed by atoms with van der Waals surface area (Å²) in [7, 11) is -17.0. The fourth-order valence-electron chi connectivity index (χ4n) is 2.10. The van der Waals surface area contributed by atoms with Crippen molar-refractivity contribution < 1.29 is 61.4 Å². The average molecular weight is 526 g/mol. The van der Waals surface area contributed by atoms with Gasteiger partial charge in [-0.3, -0.25) is 18.9 Å².